The molecule has 30 heavy (non-hydrogen) atoms. The van der Waals surface area contributed by atoms with Crippen molar-refractivity contribution in [2.24, 2.45) is 5.92 Å². The van der Waals surface area contributed by atoms with Crippen molar-refractivity contribution < 1.29 is 32.2 Å². The number of anilines is 1. The zero-order valence-corrected chi connectivity index (χ0v) is 16.0. The van der Waals surface area contributed by atoms with Crippen LogP contribution in [0.1, 0.15) is 30.5 Å². The monoisotopic (exact) mass is 420 g/mol. The summed E-state index contributed by atoms with van der Waals surface area (Å²) in [7, 11) is 0. The van der Waals surface area contributed by atoms with Crippen molar-refractivity contribution in [2.75, 3.05) is 18.2 Å². The van der Waals surface area contributed by atoms with Crippen LogP contribution in [0.15, 0.2) is 42.5 Å². The van der Waals surface area contributed by atoms with Gasteiger partial charge in [0.25, 0.3) is 0 Å². The Bertz CT molecular complexity index is 992. The summed E-state index contributed by atoms with van der Waals surface area (Å²) in [6.07, 6.45) is -4.43. The fraction of sp³-hybridized carbons (Fsp3) is 0.333. The van der Waals surface area contributed by atoms with E-state index >= 15 is 0 Å². The quantitative estimate of drug-likeness (QED) is 0.820. The molecule has 1 N–H and O–H groups in total. The highest BCUT2D eigenvalue weighted by Gasteiger charge is 2.36. The molecule has 158 valence electrons. The van der Waals surface area contributed by atoms with Gasteiger partial charge in [-0.2, -0.15) is 13.2 Å². The second-order valence-electron chi connectivity index (χ2n) is 7.30. The van der Waals surface area contributed by atoms with Crippen LogP contribution in [0.2, 0.25) is 0 Å². The molecule has 2 aromatic rings. The summed E-state index contributed by atoms with van der Waals surface area (Å²) in [6.45, 7) is 1.91. The highest BCUT2D eigenvalue weighted by atomic mass is 19.4. The number of halogens is 3. The summed E-state index contributed by atoms with van der Waals surface area (Å²) in [5.41, 5.74) is 0.173. The van der Waals surface area contributed by atoms with Crippen LogP contribution in [0.4, 0.5) is 18.9 Å². The van der Waals surface area contributed by atoms with Crippen molar-refractivity contribution in [2.45, 2.75) is 25.6 Å². The number of fused-ring (bicyclic) bond motifs is 1. The average Bonchev–Trinajstić information content (AvgIpc) is 3.33. The molecule has 2 aromatic carbocycles. The topological polar surface area (TPSA) is 67.9 Å². The second kappa shape index (κ2) is 7.55. The van der Waals surface area contributed by atoms with E-state index in [2.05, 4.69) is 5.32 Å². The molecule has 0 saturated carbocycles. The van der Waals surface area contributed by atoms with Crippen molar-refractivity contribution in [3.63, 3.8) is 0 Å². The van der Waals surface area contributed by atoms with E-state index in [9.17, 15) is 22.8 Å². The van der Waals surface area contributed by atoms with Gasteiger partial charge in [-0.05, 0) is 36.8 Å². The van der Waals surface area contributed by atoms with Gasteiger partial charge in [0.1, 0.15) is 0 Å². The first-order valence-electron chi connectivity index (χ1n) is 9.40. The highest BCUT2D eigenvalue weighted by Crippen LogP contribution is 2.37. The molecule has 0 aliphatic carbocycles. The third kappa shape index (κ3) is 3.92. The smallest absolute Gasteiger partial charge is 0.416 e. The van der Waals surface area contributed by atoms with Crippen molar-refractivity contribution in [1.82, 2.24) is 5.32 Å². The molecule has 0 radical (unpaired) electrons. The van der Waals surface area contributed by atoms with Gasteiger partial charge in [-0.3, -0.25) is 9.59 Å². The van der Waals surface area contributed by atoms with E-state index in [4.69, 9.17) is 9.47 Å². The zero-order valence-electron chi connectivity index (χ0n) is 16.0. The number of amides is 2. The van der Waals surface area contributed by atoms with Crippen LogP contribution in [0, 0.1) is 5.92 Å². The number of carbonyl (C=O) groups is 2. The van der Waals surface area contributed by atoms with Crippen molar-refractivity contribution >= 4 is 17.5 Å². The van der Waals surface area contributed by atoms with Gasteiger partial charge >= 0.3 is 6.18 Å². The summed E-state index contributed by atoms with van der Waals surface area (Å²) in [6, 6.07) is 9.31. The summed E-state index contributed by atoms with van der Waals surface area (Å²) in [5, 5.41) is 2.72. The number of rotatable bonds is 4. The lowest BCUT2D eigenvalue weighted by molar-refractivity contribution is -0.137. The fourth-order valence-electron chi connectivity index (χ4n) is 3.58. The molecule has 4 rings (SSSR count). The SMILES string of the molecule is C[C@@H](NC(=O)[C@H]1CC(=O)N(c2ccc3c(c2)OCO3)C1)c1cccc(C(F)(F)F)c1. The first kappa shape index (κ1) is 20.1. The maximum Gasteiger partial charge on any atom is 0.416 e. The summed E-state index contributed by atoms with van der Waals surface area (Å²) < 4.78 is 49.3. The summed E-state index contributed by atoms with van der Waals surface area (Å²) in [5.74, 6) is -0.0608. The van der Waals surface area contributed by atoms with Crippen LogP contribution in [0.5, 0.6) is 11.5 Å². The Labute approximate surface area is 170 Å². The largest absolute Gasteiger partial charge is 0.454 e. The maximum atomic E-state index is 12.9. The van der Waals surface area contributed by atoms with Crippen LogP contribution < -0.4 is 19.7 Å². The molecule has 0 spiro atoms. The Morgan fingerprint density at radius 1 is 1.17 bits per heavy atom. The number of hydrogen-bond acceptors (Lipinski definition) is 4. The molecule has 2 heterocycles. The Morgan fingerprint density at radius 2 is 1.93 bits per heavy atom. The number of ether oxygens (including phenoxy) is 2. The number of nitrogens with zero attached hydrogens (tertiary/aromatic N) is 1. The van der Waals surface area contributed by atoms with Gasteiger partial charge in [-0.25, -0.2) is 0 Å². The van der Waals surface area contributed by atoms with E-state index in [1.165, 1.54) is 17.0 Å². The van der Waals surface area contributed by atoms with Gasteiger partial charge in [-0.1, -0.05) is 12.1 Å². The lowest BCUT2D eigenvalue weighted by Crippen LogP contribution is -2.34. The second-order valence-corrected chi connectivity index (χ2v) is 7.30. The molecule has 9 heteroatoms. The Hall–Kier alpha value is -3.23. The van der Waals surface area contributed by atoms with Gasteiger partial charge in [0, 0.05) is 24.7 Å². The van der Waals surface area contributed by atoms with Gasteiger partial charge < -0.3 is 19.7 Å². The lowest BCUT2D eigenvalue weighted by Gasteiger charge is -2.19. The Balaban J connectivity index is 1.43. The van der Waals surface area contributed by atoms with Crippen LogP contribution in [0.3, 0.4) is 0 Å². The van der Waals surface area contributed by atoms with Crippen molar-refractivity contribution in [3.05, 3.63) is 53.6 Å². The number of hydrogen-bond donors (Lipinski definition) is 1. The molecule has 1 saturated heterocycles. The molecule has 1 fully saturated rings. The molecule has 0 bridgehead atoms. The van der Waals surface area contributed by atoms with E-state index in [1.54, 1.807) is 25.1 Å². The lowest BCUT2D eigenvalue weighted by atomic mass is 10.0. The van der Waals surface area contributed by atoms with Gasteiger partial charge in [0.05, 0.1) is 17.5 Å². The molecular weight excluding hydrogens is 401 g/mol. The highest BCUT2D eigenvalue weighted by molar-refractivity contribution is 6.00. The van der Waals surface area contributed by atoms with Gasteiger partial charge in [0.15, 0.2) is 11.5 Å². The predicted octanol–water partition coefficient (Wildman–Crippen LogP) is 3.66. The number of benzene rings is 2. The fourth-order valence-corrected chi connectivity index (χ4v) is 3.58. The number of alkyl halides is 3. The normalized spacial score (nSPS) is 19.1. The summed E-state index contributed by atoms with van der Waals surface area (Å²) >= 11 is 0. The van der Waals surface area contributed by atoms with Gasteiger partial charge in [-0.15, -0.1) is 0 Å². The third-order valence-electron chi connectivity index (χ3n) is 5.24. The molecule has 6 nitrogen and oxygen atoms in total. The molecule has 0 aromatic heterocycles. The first-order chi connectivity index (χ1) is 14.2. The van der Waals surface area contributed by atoms with Crippen LogP contribution in [-0.4, -0.2) is 25.2 Å². The molecule has 2 aliphatic rings. The van der Waals surface area contributed by atoms with Gasteiger partial charge in [0.2, 0.25) is 18.6 Å². The minimum absolute atomic E-state index is 0.0234. The summed E-state index contributed by atoms with van der Waals surface area (Å²) in [4.78, 5) is 26.6. The minimum Gasteiger partial charge on any atom is -0.454 e. The predicted molar refractivity (Wildman–Crippen MR) is 101 cm³/mol. The molecule has 2 aliphatic heterocycles. The maximum absolute atomic E-state index is 12.9. The van der Waals surface area contributed by atoms with E-state index in [0.717, 1.165) is 12.1 Å². The molecule has 0 unspecified atom stereocenters. The van der Waals surface area contributed by atoms with Crippen LogP contribution in [-0.2, 0) is 15.8 Å². The van der Waals surface area contributed by atoms with Crippen LogP contribution in [0.25, 0.3) is 0 Å². The minimum atomic E-state index is -4.46. The number of nitrogens with one attached hydrogen (secondary N) is 1. The Kier molecular flexibility index (Phi) is 5.05. The van der Waals surface area contributed by atoms with E-state index in [0.29, 0.717) is 22.7 Å². The van der Waals surface area contributed by atoms with E-state index < -0.39 is 23.7 Å². The van der Waals surface area contributed by atoms with Crippen LogP contribution >= 0.6 is 0 Å². The zero-order chi connectivity index (χ0) is 21.5. The van der Waals surface area contributed by atoms with Crippen molar-refractivity contribution in [1.29, 1.82) is 0 Å². The number of carbonyl (C=O) groups excluding carboxylic acids is 2. The third-order valence-corrected chi connectivity index (χ3v) is 5.24. The average molecular weight is 420 g/mol. The first-order valence-corrected chi connectivity index (χ1v) is 9.40. The molecular formula is C21H19F3N2O4. The standard InChI is InChI=1S/C21H19F3N2O4/c1-12(13-3-2-4-15(7-13)21(22,23)24)25-20(28)14-8-19(27)26(10-14)16-5-6-17-18(9-16)30-11-29-17/h2-7,9,12,14H,8,10-11H2,1H3,(H,25,28)/t12-,14+/m1/s1. The molecule has 2 amide bonds. The van der Waals surface area contributed by atoms with E-state index in [-0.39, 0.29) is 31.6 Å². The Morgan fingerprint density at radius 3 is 2.70 bits per heavy atom. The van der Waals surface area contributed by atoms with Crippen molar-refractivity contribution in [3.8, 4) is 11.5 Å². The van der Waals surface area contributed by atoms with E-state index in [1.807, 2.05) is 0 Å². The molecule has 2 atom stereocenters.